The fourth-order valence-corrected chi connectivity index (χ4v) is 2.46. The molecule has 2 N–H and O–H groups in total. The van der Waals surface area contributed by atoms with E-state index in [1.807, 2.05) is 0 Å². The van der Waals surface area contributed by atoms with Crippen molar-refractivity contribution in [1.82, 2.24) is 5.32 Å². The van der Waals surface area contributed by atoms with Crippen molar-refractivity contribution in [1.29, 1.82) is 0 Å². The number of nitrogens with one attached hydrogen (secondary N) is 2. The van der Waals surface area contributed by atoms with Gasteiger partial charge in [-0.3, -0.25) is 4.79 Å². The number of carbonyl (C=O) groups excluding carboxylic acids is 1. The normalized spacial score (nSPS) is 19.5. The lowest BCUT2D eigenvalue weighted by Gasteiger charge is -2.13. The van der Waals surface area contributed by atoms with Crippen molar-refractivity contribution < 1.29 is 18.0 Å². The van der Waals surface area contributed by atoms with Crippen molar-refractivity contribution in [2.45, 2.75) is 25.1 Å². The Bertz CT molecular complexity index is 484. The average molecular weight is 337 g/mol. The molecule has 1 aliphatic rings. The van der Waals surface area contributed by atoms with Crippen molar-refractivity contribution in [3.63, 3.8) is 0 Å². The summed E-state index contributed by atoms with van der Waals surface area (Å²) in [7, 11) is 0. The molecule has 0 unspecified atom stereocenters. The minimum Gasteiger partial charge on any atom is -0.325 e. The number of carbonyl (C=O) groups is 1. The molecule has 2 rings (SSSR count). The number of alkyl halides is 3. The van der Waals surface area contributed by atoms with Gasteiger partial charge in [-0.15, -0.1) is 0 Å². The van der Waals surface area contributed by atoms with Crippen LogP contribution >= 0.6 is 15.9 Å². The SMILES string of the molecule is O=C(Nc1cc(Br)cc(C(F)(F)F)c1)[C@H]1CCCN1. The summed E-state index contributed by atoms with van der Waals surface area (Å²) in [6.07, 6.45) is -2.84. The molecule has 1 aliphatic heterocycles. The number of hydrogen-bond acceptors (Lipinski definition) is 2. The molecule has 1 heterocycles. The van der Waals surface area contributed by atoms with Crippen LogP contribution in [-0.2, 0) is 11.0 Å². The average Bonchev–Trinajstić information content (AvgIpc) is 2.80. The van der Waals surface area contributed by atoms with Crippen molar-refractivity contribution in [2.24, 2.45) is 0 Å². The lowest BCUT2D eigenvalue weighted by molar-refractivity contribution is -0.137. The minimum absolute atomic E-state index is 0.139. The summed E-state index contributed by atoms with van der Waals surface area (Å²) in [5.74, 6) is -0.302. The summed E-state index contributed by atoms with van der Waals surface area (Å²) in [5, 5.41) is 5.50. The van der Waals surface area contributed by atoms with Crippen molar-refractivity contribution in [3.05, 3.63) is 28.2 Å². The third-order valence-electron chi connectivity index (χ3n) is 2.87. The first-order valence-corrected chi connectivity index (χ1v) is 6.57. The van der Waals surface area contributed by atoms with E-state index < -0.39 is 11.7 Å². The first-order chi connectivity index (χ1) is 8.86. The van der Waals surface area contributed by atoms with E-state index >= 15 is 0 Å². The summed E-state index contributed by atoms with van der Waals surface area (Å²) < 4.78 is 38.2. The predicted molar refractivity (Wildman–Crippen MR) is 68.8 cm³/mol. The number of hydrogen-bond donors (Lipinski definition) is 2. The second-order valence-electron chi connectivity index (χ2n) is 4.36. The zero-order valence-corrected chi connectivity index (χ0v) is 11.4. The molecule has 0 spiro atoms. The Balaban J connectivity index is 2.16. The Morgan fingerprint density at radius 3 is 2.68 bits per heavy atom. The maximum absolute atomic E-state index is 12.6. The number of benzene rings is 1. The van der Waals surface area contributed by atoms with E-state index in [-0.39, 0.29) is 22.1 Å². The van der Waals surface area contributed by atoms with Crippen LogP contribution in [0.4, 0.5) is 18.9 Å². The molecular formula is C12H12BrF3N2O. The van der Waals surface area contributed by atoms with E-state index in [4.69, 9.17) is 0 Å². The van der Waals surface area contributed by atoms with Crippen molar-refractivity contribution >= 4 is 27.5 Å². The number of amides is 1. The van der Waals surface area contributed by atoms with E-state index in [0.29, 0.717) is 6.42 Å². The summed E-state index contributed by atoms with van der Waals surface area (Å²) >= 11 is 3.01. The van der Waals surface area contributed by atoms with Gasteiger partial charge in [-0.2, -0.15) is 13.2 Å². The van der Waals surface area contributed by atoms with Crippen LogP contribution < -0.4 is 10.6 Å². The molecule has 1 atom stereocenters. The van der Waals surface area contributed by atoms with E-state index in [0.717, 1.165) is 25.1 Å². The molecule has 1 aromatic carbocycles. The van der Waals surface area contributed by atoms with E-state index in [1.165, 1.54) is 6.07 Å². The topological polar surface area (TPSA) is 41.1 Å². The Kier molecular flexibility index (Phi) is 4.15. The molecule has 3 nitrogen and oxygen atoms in total. The first kappa shape index (κ1) is 14.3. The number of anilines is 1. The van der Waals surface area contributed by atoms with Gasteiger partial charge in [0, 0.05) is 10.2 Å². The van der Waals surface area contributed by atoms with Gasteiger partial charge in [-0.05, 0) is 37.6 Å². The second-order valence-corrected chi connectivity index (χ2v) is 5.28. The smallest absolute Gasteiger partial charge is 0.325 e. The van der Waals surface area contributed by atoms with Crippen LogP contribution in [0, 0.1) is 0 Å². The Labute approximate surface area is 116 Å². The molecule has 1 saturated heterocycles. The summed E-state index contributed by atoms with van der Waals surface area (Å²) in [6, 6.07) is 3.02. The minimum atomic E-state index is -4.44. The van der Waals surface area contributed by atoms with Gasteiger partial charge in [-0.1, -0.05) is 15.9 Å². The fraction of sp³-hybridized carbons (Fsp3) is 0.417. The maximum atomic E-state index is 12.6. The molecule has 0 aromatic heterocycles. The van der Waals surface area contributed by atoms with Crippen LogP contribution in [-0.4, -0.2) is 18.5 Å². The Hall–Kier alpha value is -1.08. The van der Waals surface area contributed by atoms with Gasteiger partial charge >= 0.3 is 6.18 Å². The van der Waals surface area contributed by atoms with Crippen molar-refractivity contribution in [2.75, 3.05) is 11.9 Å². The number of halogens is 4. The van der Waals surface area contributed by atoms with Crippen LogP contribution in [0.25, 0.3) is 0 Å². The molecular weight excluding hydrogens is 325 g/mol. The molecule has 1 aromatic rings. The monoisotopic (exact) mass is 336 g/mol. The van der Waals surface area contributed by atoms with Gasteiger partial charge in [0.15, 0.2) is 0 Å². The van der Waals surface area contributed by atoms with Crippen LogP contribution in [0.2, 0.25) is 0 Å². The summed E-state index contributed by atoms with van der Waals surface area (Å²) in [4.78, 5) is 11.8. The van der Waals surface area contributed by atoms with Crippen LogP contribution in [0.1, 0.15) is 18.4 Å². The third-order valence-corrected chi connectivity index (χ3v) is 3.33. The molecule has 1 fully saturated rings. The summed E-state index contributed by atoms with van der Waals surface area (Å²) in [5.41, 5.74) is -0.656. The molecule has 0 aliphatic carbocycles. The van der Waals surface area contributed by atoms with Gasteiger partial charge in [0.2, 0.25) is 5.91 Å². The molecule has 19 heavy (non-hydrogen) atoms. The molecule has 1 amide bonds. The largest absolute Gasteiger partial charge is 0.416 e. The van der Waals surface area contributed by atoms with Crippen LogP contribution in [0.5, 0.6) is 0 Å². The van der Waals surface area contributed by atoms with Gasteiger partial charge in [0.25, 0.3) is 0 Å². The van der Waals surface area contributed by atoms with Crippen molar-refractivity contribution in [3.8, 4) is 0 Å². The lowest BCUT2D eigenvalue weighted by atomic mass is 10.1. The second kappa shape index (κ2) is 5.50. The molecule has 0 saturated carbocycles. The van der Waals surface area contributed by atoms with E-state index in [2.05, 4.69) is 26.6 Å². The highest BCUT2D eigenvalue weighted by Gasteiger charge is 2.31. The highest BCUT2D eigenvalue weighted by atomic mass is 79.9. The lowest BCUT2D eigenvalue weighted by Crippen LogP contribution is -2.35. The zero-order valence-electron chi connectivity index (χ0n) is 9.85. The van der Waals surface area contributed by atoms with Crippen LogP contribution in [0.3, 0.4) is 0 Å². The standard InChI is InChI=1S/C12H12BrF3N2O/c13-8-4-7(12(14,15)16)5-9(6-8)18-11(19)10-2-1-3-17-10/h4-6,10,17H,1-3H2,(H,18,19)/t10-/m1/s1. The van der Waals surface area contributed by atoms with E-state index in [9.17, 15) is 18.0 Å². The van der Waals surface area contributed by atoms with Gasteiger partial charge in [-0.25, -0.2) is 0 Å². The van der Waals surface area contributed by atoms with Gasteiger partial charge < -0.3 is 10.6 Å². The van der Waals surface area contributed by atoms with Gasteiger partial charge in [0.1, 0.15) is 0 Å². The maximum Gasteiger partial charge on any atom is 0.416 e. The Morgan fingerprint density at radius 1 is 1.37 bits per heavy atom. The zero-order chi connectivity index (χ0) is 14.0. The molecule has 7 heteroatoms. The third kappa shape index (κ3) is 3.70. The highest BCUT2D eigenvalue weighted by Crippen LogP contribution is 2.33. The fourth-order valence-electron chi connectivity index (χ4n) is 1.96. The quantitative estimate of drug-likeness (QED) is 0.871. The molecule has 0 bridgehead atoms. The molecule has 0 radical (unpaired) electrons. The van der Waals surface area contributed by atoms with E-state index in [1.54, 1.807) is 0 Å². The van der Waals surface area contributed by atoms with Crippen LogP contribution in [0.15, 0.2) is 22.7 Å². The first-order valence-electron chi connectivity index (χ1n) is 5.78. The number of rotatable bonds is 2. The summed E-state index contributed by atoms with van der Waals surface area (Å²) in [6.45, 7) is 0.754. The predicted octanol–water partition coefficient (Wildman–Crippen LogP) is 3.16. The van der Waals surface area contributed by atoms with Gasteiger partial charge in [0.05, 0.1) is 11.6 Å². The highest BCUT2D eigenvalue weighted by molar-refractivity contribution is 9.10. The Morgan fingerprint density at radius 2 is 2.11 bits per heavy atom. The molecule has 104 valence electrons.